The average Bonchev–Trinajstić information content (AvgIpc) is 3.11. The number of pyridine rings is 1. The smallest absolute Gasteiger partial charge is 0.327 e. The second kappa shape index (κ2) is 5.71. The standard InChI is InChI=1S/C16H11N5O4/c1-24-11-5-3-2-4-9(11)13-18-15(25-21-13)8-6-10-12(17-7-8)19-16(23)20-14(10)22/h2-7H,1H3,(H2,17,19,20,22,23). The first-order valence-corrected chi connectivity index (χ1v) is 7.25. The first kappa shape index (κ1) is 14.8. The van der Waals surface area contributed by atoms with Crippen LogP contribution in [-0.2, 0) is 0 Å². The molecular formula is C16H11N5O4. The van der Waals surface area contributed by atoms with E-state index in [9.17, 15) is 9.59 Å². The molecule has 4 rings (SSSR count). The highest BCUT2D eigenvalue weighted by atomic mass is 16.5. The number of ether oxygens (including phenoxy) is 1. The molecule has 0 atom stereocenters. The van der Waals surface area contributed by atoms with Crippen molar-refractivity contribution < 1.29 is 9.26 Å². The van der Waals surface area contributed by atoms with Crippen molar-refractivity contribution in [2.75, 3.05) is 7.11 Å². The first-order valence-electron chi connectivity index (χ1n) is 7.25. The number of aromatic nitrogens is 5. The van der Waals surface area contributed by atoms with Gasteiger partial charge < -0.3 is 9.26 Å². The van der Waals surface area contributed by atoms with E-state index >= 15 is 0 Å². The van der Waals surface area contributed by atoms with Crippen LogP contribution in [0, 0.1) is 0 Å². The summed E-state index contributed by atoms with van der Waals surface area (Å²) in [6.07, 6.45) is 1.44. The van der Waals surface area contributed by atoms with Crippen LogP contribution in [0.2, 0.25) is 0 Å². The summed E-state index contributed by atoms with van der Waals surface area (Å²) < 4.78 is 10.6. The highest BCUT2D eigenvalue weighted by molar-refractivity contribution is 5.78. The van der Waals surface area contributed by atoms with E-state index in [-0.39, 0.29) is 16.9 Å². The van der Waals surface area contributed by atoms with Crippen molar-refractivity contribution in [2.24, 2.45) is 0 Å². The minimum Gasteiger partial charge on any atom is -0.496 e. The van der Waals surface area contributed by atoms with Gasteiger partial charge in [0.05, 0.1) is 23.6 Å². The molecule has 9 heteroatoms. The van der Waals surface area contributed by atoms with E-state index < -0.39 is 11.2 Å². The third-order valence-electron chi connectivity index (χ3n) is 3.61. The van der Waals surface area contributed by atoms with Gasteiger partial charge in [0.15, 0.2) is 0 Å². The molecule has 0 bridgehead atoms. The molecule has 0 amide bonds. The molecule has 0 aliphatic rings. The molecule has 0 unspecified atom stereocenters. The van der Waals surface area contributed by atoms with Gasteiger partial charge in [0.1, 0.15) is 11.4 Å². The lowest BCUT2D eigenvalue weighted by Gasteiger charge is -2.03. The first-order chi connectivity index (χ1) is 12.2. The van der Waals surface area contributed by atoms with Crippen LogP contribution >= 0.6 is 0 Å². The van der Waals surface area contributed by atoms with Crippen LogP contribution in [0.1, 0.15) is 0 Å². The van der Waals surface area contributed by atoms with Crippen LogP contribution < -0.4 is 16.0 Å². The van der Waals surface area contributed by atoms with E-state index in [0.29, 0.717) is 22.7 Å². The number of benzene rings is 1. The Morgan fingerprint density at radius 3 is 2.84 bits per heavy atom. The Bertz CT molecular complexity index is 1190. The van der Waals surface area contributed by atoms with Crippen LogP contribution in [-0.4, -0.2) is 32.2 Å². The number of para-hydroxylation sites is 1. The van der Waals surface area contributed by atoms with Gasteiger partial charge in [0, 0.05) is 6.20 Å². The fourth-order valence-corrected chi connectivity index (χ4v) is 2.44. The minimum atomic E-state index is -0.617. The summed E-state index contributed by atoms with van der Waals surface area (Å²) >= 11 is 0. The van der Waals surface area contributed by atoms with Crippen molar-refractivity contribution in [2.45, 2.75) is 0 Å². The average molecular weight is 337 g/mol. The second-order valence-corrected chi connectivity index (χ2v) is 5.15. The van der Waals surface area contributed by atoms with Gasteiger partial charge in [-0.15, -0.1) is 0 Å². The Labute approximate surface area is 139 Å². The molecule has 2 N–H and O–H groups in total. The number of aromatic amines is 2. The summed E-state index contributed by atoms with van der Waals surface area (Å²) in [5.74, 6) is 1.16. The lowest BCUT2D eigenvalue weighted by atomic mass is 10.2. The molecule has 3 heterocycles. The van der Waals surface area contributed by atoms with Crippen LogP contribution in [0.15, 0.2) is 50.6 Å². The van der Waals surface area contributed by atoms with Crippen molar-refractivity contribution in [3.63, 3.8) is 0 Å². The number of nitrogens with one attached hydrogen (secondary N) is 2. The van der Waals surface area contributed by atoms with Gasteiger partial charge >= 0.3 is 5.69 Å². The van der Waals surface area contributed by atoms with E-state index in [1.165, 1.54) is 12.3 Å². The van der Waals surface area contributed by atoms with Crippen molar-refractivity contribution in [3.8, 4) is 28.6 Å². The number of methoxy groups -OCH3 is 1. The predicted octanol–water partition coefficient (Wildman–Crippen LogP) is 1.34. The van der Waals surface area contributed by atoms with Gasteiger partial charge in [0.25, 0.3) is 11.4 Å². The Kier molecular flexibility index (Phi) is 3.38. The molecule has 0 saturated heterocycles. The number of nitrogens with zero attached hydrogens (tertiary/aromatic N) is 3. The van der Waals surface area contributed by atoms with Gasteiger partial charge in [-0.05, 0) is 18.2 Å². The molecular weight excluding hydrogens is 326 g/mol. The summed E-state index contributed by atoms with van der Waals surface area (Å²) in [5.41, 5.74) is 0.156. The lowest BCUT2D eigenvalue weighted by Crippen LogP contribution is -2.22. The molecule has 1 aromatic carbocycles. The summed E-state index contributed by atoms with van der Waals surface area (Å²) in [7, 11) is 1.56. The molecule has 4 aromatic rings. The highest BCUT2D eigenvalue weighted by Gasteiger charge is 2.15. The Hall–Kier alpha value is -3.75. The van der Waals surface area contributed by atoms with Crippen LogP contribution in [0.4, 0.5) is 0 Å². The number of hydrogen-bond donors (Lipinski definition) is 2. The molecule has 0 fully saturated rings. The van der Waals surface area contributed by atoms with Crippen molar-refractivity contribution >= 4 is 11.0 Å². The highest BCUT2D eigenvalue weighted by Crippen LogP contribution is 2.29. The largest absolute Gasteiger partial charge is 0.496 e. The van der Waals surface area contributed by atoms with Gasteiger partial charge in [-0.25, -0.2) is 9.78 Å². The fraction of sp³-hybridized carbons (Fsp3) is 0.0625. The van der Waals surface area contributed by atoms with E-state index in [1.807, 2.05) is 18.2 Å². The summed E-state index contributed by atoms with van der Waals surface area (Å²) in [6, 6.07) is 8.79. The zero-order valence-electron chi connectivity index (χ0n) is 12.9. The fourth-order valence-electron chi connectivity index (χ4n) is 2.44. The molecule has 0 radical (unpaired) electrons. The maximum absolute atomic E-state index is 11.9. The maximum atomic E-state index is 11.9. The number of rotatable bonds is 3. The lowest BCUT2D eigenvalue weighted by molar-refractivity contribution is 0.413. The molecule has 0 aliphatic carbocycles. The minimum absolute atomic E-state index is 0.182. The molecule has 3 aromatic heterocycles. The van der Waals surface area contributed by atoms with Crippen molar-refractivity contribution in [3.05, 3.63) is 57.4 Å². The number of hydrogen-bond acceptors (Lipinski definition) is 7. The SMILES string of the molecule is COc1ccccc1-c1noc(-c2cnc3[nH]c(=O)[nH]c(=O)c3c2)n1. The maximum Gasteiger partial charge on any atom is 0.327 e. The van der Waals surface area contributed by atoms with Gasteiger partial charge in [-0.1, -0.05) is 17.3 Å². The third kappa shape index (κ3) is 2.57. The van der Waals surface area contributed by atoms with Crippen LogP contribution in [0.25, 0.3) is 33.9 Å². The number of fused-ring (bicyclic) bond motifs is 1. The summed E-state index contributed by atoms with van der Waals surface area (Å²) in [5, 5.41) is 4.17. The summed E-state index contributed by atoms with van der Waals surface area (Å²) in [6.45, 7) is 0. The van der Waals surface area contributed by atoms with E-state index in [2.05, 4.69) is 25.1 Å². The van der Waals surface area contributed by atoms with Crippen LogP contribution in [0.5, 0.6) is 5.75 Å². The van der Waals surface area contributed by atoms with Gasteiger partial charge in [0.2, 0.25) is 5.82 Å². The van der Waals surface area contributed by atoms with E-state index in [0.717, 1.165) is 0 Å². The second-order valence-electron chi connectivity index (χ2n) is 5.15. The predicted molar refractivity (Wildman–Crippen MR) is 88.3 cm³/mol. The van der Waals surface area contributed by atoms with Gasteiger partial charge in [-0.2, -0.15) is 4.98 Å². The number of H-pyrrole nitrogens is 2. The monoisotopic (exact) mass is 337 g/mol. The Morgan fingerprint density at radius 1 is 1.16 bits per heavy atom. The quantitative estimate of drug-likeness (QED) is 0.577. The molecule has 25 heavy (non-hydrogen) atoms. The molecule has 124 valence electrons. The van der Waals surface area contributed by atoms with Crippen molar-refractivity contribution in [1.82, 2.24) is 25.1 Å². The summed E-state index contributed by atoms with van der Waals surface area (Å²) in [4.78, 5) is 36.2. The van der Waals surface area contributed by atoms with Crippen molar-refractivity contribution in [1.29, 1.82) is 0 Å². The molecule has 0 saturated carbocycles. The third-order valence-corrected chi connectivity index (χ3v) is 3.61. The molecule has 0 spiro atoms. The molecule has 9 nitrogen and oxygen atoms in total. The Morgan fingerprint density at radius 2 is 2.00 bits per heavy atom. The molecule has 0 aliphatic heterocycles. The zero-order chi connectivity index (χ0) is 17.4. The van der Waals surface area contributed by atoms with E-state index in [4.69, 9.17) is 9.26 Å². The topological polar surface area (TPSA) is 127 Å². The normalized spacial score (nSPS) is 10.9. The zero-order valence-corrected chi connectivity index (χ0v) is 12.9. The van der Waals surface area contributed by atoms with Crippen LogP contribution in [0.3, 0.4) is 0 Å². The van der Waals surface area contributed by atoms with E-state index in [1.54, 1.807) is 13.2 Å². The van der Waals surface area contributed by atoms with Gasteiger partial charge in [-0.3, -0.25) is 14.8 Å². The Balaban J connectivity index is 1.81.